The highest BCUT2D eigenvalue weighted by molar-refractivity contribution is 5.86. The number of nitro benzene ring substituents is 1. The highest BCUT2D eigenvalue weighted by atomic mass is 16.6. The van der Waals surface area contributed by atoms with E-state index in [9.17, 15) is 24.8 Å². The first-order chi connectivity index (χ1) is 10.9. The van der Waals surface area contributed by atoms with Crippen molar-refractivity contribution in [2.24, 2.45) is 5.92 Å². The van der Waals surface area contributed by atoms with Crippen LogP contribution in [-0.2, 0) is 15.1 Å². The lowest BCUT2D eigenvalue weighted by molar-refractivity contribution is -0.384. The van der Waals surface area contributed by atoms with E-state index in [2.05, 4.69) is 5.32 Å². The van der Waals surface area contributed by atoms with Gasteiger partial charge in [0.15, 0.2) is 5.54 Å². The van der Waals surface area contributed by atoms with Gasteiger partial charge in [-0.25, -0.2) is 9.59 Å². The van der Waals surface area contributed by atoms with Crippen LogP contribution in [0.4, 0.5) is 10.5 Å². The van der Waals surface area contributed by atoms with Crippen LogP contribution >= 0.6 is 0 Å². The van der Waals surface area contributed by atoms with Crippen LogP contribution in [0.15, 0.2) is 24.3 Å². The minimum absolute atomic E-state index is 0.168. The van der Waals surface area contributed by atoms with E-state index in [0.717, 1.165) is 0 Å². The van der Waals surface area contributed by atoms with Gasteiger partial charge in [-0.3, -0.25) is 10.1 Å². The summed E-state index contributed by atoms with van der Waals surface area (Å²) < 4.78 is 5.16. The molecule has 8 nitrogen and oxygen atoms in total. The molecule has 1 rings (SSSR count). The molecule has 132 valence electrons. The number of nitro groups is 1. The second-order valence-electron chi connectivity index (χ2n) is 6.70. The summed E-state index contributed by atoms with van der Waals surface area (Å²) in [6, 6.07) is 5.05. The van der Waals surface area contributed by atoms with Crippen molar-refractivity contribution < 1.29 is 24.4 Å². The summed E-state index contributed by atoms with van der Waals surface area (Å²) in [5.74, 6) is -1.82. The molecule has 1 aromatic rings. The third-order valence-corrected chi connectivity index (χ3v) is 3.43. The number of carboxylic acids is 1. The van der Waals surface area contributed by atoms with Gasteiger partial charge in [-0.1, -0.05) is 13.8 Å². The molecule has 0 aliphatic heterocycles. The first kappa shape index (κ1) is 19.4. The van der Waals surface area contributed by atoms with Gasteiger partial charge in [0.05, 0.1) is 4.92 Å². The maximum Gasteiger partial charge on any atom is 0.408 e. The normalized spacial score (nSPS) is 13.9. The molecular formula is C16H22N2O6. The minimum Gasteiger partial charge on any atom is -0.479 e. The van der Waals surface area contributed by atoms with Crippen molar-refractivity contribution in [3.63, 3.8) is 0 Å². The molecule has 2 N–H and O–H groups in total. The van der Waals surface area contributed by atoms with Gasteiger partial charge in [-0.15, -0.1) is 0 Å². The Hall–Kier alpha value is -2.64. The lowest BCUT2D eigenvalue weighted by Gasteiger charge is -2.35. The molecule has 0 bridgehead atoms. The smallest absolute Gasteiger partial charge is 0.408 e. The first-order valence-electron chi connectivity index (χ1n) is 7.39. The molecule has 8 heteroatoms. The minimum atomic E-state index is -1.77. The molecule has 0 heterocycles. The maximum atomic E-state index is 12.1. The molecule has 0 aliphatic carbocycles. The van der Waals surface area contributed by atoms with Gasteiger partial charge in [0.1, 0.15) is 5.60 Å². The third kappa shape index (κ3) is 4.21. The number of amides is 1. The molecule has 0 radical (unpaired) electrons. The zero-order chi connectivity index (χ0) is 18.7. The summed E-state index contributed by atoms with van der Waals surface area (Å²) in [5.41, 5.74) is -2.50. The number of alkyl carbamates (subject to hydrolysis) is 1. The largest absolute Gasteiger partial charge is 0.479 e. The van der Waals surface area contributed by atoms with E-state index >= 15 is 0 Å². The van der Waals surface area contributed by atoms with E-state index in [1.54, 1.807) is 34.6 Å². The Morgan fingerprint density at radius 2 is 1.71 bits per heavy atom. The van der Waals surface area contributed by atoms with Gasteiger partial charge in [-0.2, -0.15) is 0 Å². The SMILES string of the molecule is CC(C)[C@@](NC(=O)OC(C)(C)C)(C(=O)O)c1ccc([N+](=O)[O-])cc1. The lowest BCUT2D eigenvalue weighted by Crippen LogP contribution is -2.56. The number of benzene rings is 1. The fourth-order valence-corrected chi connectivity index (χ4v) is 2.28. The molecule has 1 atom stereocenters. The summed E-state index contributed by atoms with van der Waals surface area (Å²) >= 11 is 0. The van der Waals surface area contributed by atoms with Crippen LogP contribution in [-0.4, -0.2) is 27.7 Å². The van der Waals surface area contributed by atoms with Crippen molar-refractivity contribution in [2.75, 3.05) is 0 Å². The molecule has 0 saturated carbocycles. The Labute approximate surface area is 140 Å². The van der Waals surface area contributed by atoms with E-state index in [0.29, 0.717) is 0 Å². The number of nitrogens with one attached hydrogen (secondary N) is 1. The van der Waals surface area contributed by atoms with E-state index in [1.807, 2.05) is 0 Å². The number of carboxylic acid groups (broad SMARTS) is 1. The Morgan fingerprint density at radius 3 is 2.04 bits per heavy atom. The molecule has 0 aromatic heterocycles. The van der Waals surface area contributed by atoms with Crippen LogP contribution in [0.3, 0.4) is 0 Å². The molecule has 1 aromatic carbocycles. The highest BCUT2D eigenvalue weighted by Crippen LogP contribution is 2.32. The molecule has 24 heavy (non-hydrogen) atoms. The van der Waals surface area contributed by atoms with E-state index in [-0.39, 0.29) is 11.3 Å². The molecule has 1 amide bonds. The second kappa shape index (κ2) is 6.86. The number of hydrogen-bond donors (Lipinski definition) is 2. The van der Waals surface area contributed by atoms with Crippen molar-refractivity contribution in [3.8, 4) is 0 Å². The molecular weight excluding hydrogens is 316 g/mol. The monoisotopic (exact) mass is 338 g/mol. The molecule has 0 saturated heterocycles. The fraction of sp³-hybridized carbons (Fsp3) is 0.500. The van der Waals surface area contributed by atoms with Crippen molar-refractivity contribution in [1.29, 1.82) is 0 Å². The Morgan fingerprint density at radius 1 is 1.21 bits per heavy atom. The zero-order valence-corrected chi connectivity index (χ0v) is 14.3. The van der Waals surface area contributed by atoms with Crippen molar-refractivity contribution in [3.05, 3.63) is 39.9 Å². The van der Waals surface area contributed by atoms with Crippen molar-refractivity contribution >= 4 is 17.7 Å². The predicted molar refractivity (Wildman–Crippen MR) is 86.6 cm³/mol. The van der Waals surface area contributed by atoms with Crippen molar-refractivity contribution in [1.82, 2.24) is 5.32 Å². The van der Waals surface area contributed by atoms with Gasteiger partial charge in [0.25, 0.3) is 5.69 Å². The molecule has 0 spiro atoms. The van der Waals surface area contributed by atoms with Crippen LogP contribution < -0.4 is 5.32 Å². The summed E-state index contributed by atoms with van der Waals surface area (Å²) in [4.78, 5) is 34.3. The average Bonchev–Trinajstić information content (AvgIpc) is 2.42. The average molecular weight is 338 g/mol. The second-order valence-corrected chi connectivity index (χ2v) is 6.70. The van der Waals surface area contributed by atoms with Crippen molar-refractivity contribution in [2.45, 2.75) is 45.8 Å². The number of carbonyl (C=O) groups excluding carboxylic acids is 1. The van der Waals surface area contributed by atoms with Gasteiger partial charge in [-0.05, 0) is 44.4 Å². The number of nitrogens with zero attached hydrogens (tertiary/aromatic N) is 1. The van der Waals surface area contributed by atoms with Gasteiger partial charge in [0.2, 0.25) is 0 Å². The number of non-ortho nitro benzene ring substituents is 1. The predicted octanol–water partition coefficient (Wildman–Crippen LogP) is 3.06. The number of hydrogen-bond acceptors (Lipinski definition) is 5. The Bertz CT molecular complexity index is 633. The third-order valence-electron chi connectivity index (χ3n) is 3.43. The van der Waals surface area contributed by atoms with Crippen LogP contribution in [0, 0.1) is 16.0 Å². The van der Waals surface area contributed by atoms with E-state index in [4.69, 9.17) is 4.74 Å². The van der Waals surface area contributed by atoms with Gasteiger partial charge >= 0.3 is 12.1 Å². The maximum absolute atomic E-state index is 12.1. The van der Waals surface area contributed by atoms with Crippen LogP contribution in [0.1, 0.15) is 40.2 Å². The number of rotatable bonds is 5. The number of carbonyl (C=O) groups is 2. The standard InChI is InChI=1S/C16H22N2O6/c1-10(2)16(13(19)20,17-14(21)24-15(3,4)5)11-6-8-12(9-7-11)18(22)23/h6-10H,1-5H3,(H,17,21)(H,19,20)/t16-/m0/s1. The molecule has 0 aliphatic rings. The lowest BCUT2D eigenvalue weighted by atomic mass is 9.80. The topological polar surface area (TPSA) is 119 Å². The Kier molecular flexibility index (Phi) is 5.54. The first-order valence-corrected chi connectivity index (χ1v) is 7.39. The van der Waals surface area contributed by atoms with E-state index in [1.165, 1.54) is 24.3 Å². The Balaban J connectivity index is 3.31. The summed E-state index contributed by atoms with van der Waals surface area (Å²) in [6.45, 7) is 8.25. The number of ether oxygens (including phenoxy) is 1. The summed E-state index contributed by atoms with van der Waals surface area (Å²) in [5, 5.41) is 23.0. The number of aliphatic carboxylic acids is 1. The zero-order valence-electron chi connectivity index (χ0n) is 14.3. The quantitative estimate of drug-likeness (QED) is 0.629. The molecule has 0 fully saturated rings. The van der Waals surface area contributed by atoms with Gasteiger partial charge < -0.3 is 15.2 Å². The van der Waals surface area contributed by atoms with Crippen LogP contribution in [0.5, 0.6) is 0 Å². The van der Waals surface area contributed by atoms with Gasteiger partial charge in [0, 0.05) is 12.1 Å². The highest BCUT2D eigenvalue weighted by Gasteiger charge is 2.46. The summed E-state index contributed by atoms with van der Waals surface area (Å²) in [7, 11) is 0. The van der Waals surface area contributed by atoms with Crippen LogP contribution in [0.2, 0.25) is 0 Å². The van der Waals surface area contributed by atoms with E-state index < -0.39 is 34.0 Å². The van der Waals surface area contributed by atoms with Crippen LogP contribution in [0.25, 0.3) is 0 Å². The fourth-order valence-electron chi connectivity index (χ4n) is 2.28. The molecule has 0 unspecified atom stereocenters. The summed E-state index contributed by atoms with van der Waals surface area (Å²) in [6.07, 6.45) is -0.878.